The number of ether oxygens (including phenoxy) is 1. The highest BCUT2D eigenvalue weighted by Gasteiger charge is 2.32. The number of para-hydroxylation sites is 1. The molecule has 0 saturated heterocycles. The maximum absolute atomic E-state index is 12.2. The van der Waals surface area contributed by atoms with Gasteiger partial charge in [0.25, 0.3) is 0 Å². The van der Waals surface area contributed by atoms with E-state index in [1.54, 1.807) is 7.11 Å². The molecule has 1 aromatic carbocycles. The Balaban J connectivity index is 2.06. The van der Waals surface area contributed by atoms with Crippen LogP contribution in [0.4, 0.5) is 0 Å². The smallest absolute Gasteiger partial charge is 0.223 e. The molecule has 4 nitrogen and oxygen atoms in total. The van der Waals surface area contributed by atoms with Gasteiger partial charge in [-0.2, -0.15) is 0 Å². The maximum Gasteiger partial charge on any atom is 0.223 e. The van der Waals surface area contributed by atoms with Gasteiger partial charge in [-0.15, -0.1) is 0 Å². The summed E-state index contributed by atoms with van der Waals surface area (Å²) in [5.74, 6) is 1.05. The highest BCUT2D eigenvalue weighted by Crippen LogP contribution is 2.30. The van der Waals surface area contributed by atoms with Crippen molar-refractivity contribution in [2.45, 2.75) is 38.3 Å². The fraction of sp³-hybridized carbons (Fsp3) is 0.533. The van der Waals surface area contributed by atoms with Gasteiger partial charge in [-0.1, -0.05) is 18.2 Å². The molecule has 0 aliphatic heterocycles. The Morgan fingerprint density at radius 2 is 2.16 bits per heavy atom. The lowest BCUT2D eigenvalue weighted by Gasteiger charge is -2.23. The van der Waals surface area contributed by atoms with Crippen molar-refractivity contribution in [2.75, 3.05) is 13.7 Å². The van der Waals surface area contributed by atoms with Crippen LogP contribution in [0.3, 0.4) is 0 Å². The number of methoxy groups -OCH3 is 1. The molecule has 1 amide bonds. The maximum atomic E-state index is 12.2. The Hall–Kier alpha value is -1.55. The lowest BCUT2D eigenvalue weighted by atomic mass is 10.1. The number of hydrogen-bond acceptors (Lipinski definition) is 3. The van der Waals surface area contributed by atoms with Crippen molar-refractivity contribution >= 4 is 5.91 Å². The van der Waals surface area contributed by atoms with Crippen LogP contribution in [-0.4, -0.2) is 30.5 Å². The molecule has 4 heteroatoms. The van der Waals surface area contributed by atoms with E-state index in [-0.39, 0.29) is 5.91 Å². The fourth-order valence-electron chi connectivity index (χ4n) is 2.22. The summed E-state index contributed by atoms with van der Waals surface area (Å²) in [5, 5.41) is 0. The Labute approximate surface area is 114 Å². The molecule has 0 aromatic heterocycles. The number of rotatable bonds is 7. The first kappa shape index (κ1) is 13.9. The molecular weight excluding hydrogens is 240 g/mol. The zero-order chi connectivity index (χ0) is 13.7. The SMILES string of the molecule is COc1ccccc1CN(C(=O)CCCN)C1CC1. The van der Waals surface area contributed by atoms with E-state index in [0.29, 0.717) is 25.6 Å². The molecule has 104 valence electrons. The lowest BCUT2D eigenvalue weighted by molar-refractivity contribution is -0.132. The largest absolute Gasteiger partial charge is 0.496 e. The lowest BCUT2D eigenvalue weighted by Crippen LogP contribution is -2.32. The first-order valence-corrected chi connectivity index (χ1v) is 6.87. The summed E-state index contributed by atoms with van der Waals surface area (Å²) in [4.78, 5) is 14.2. The second-order valence-electron chi connectivity index (χ2n) is 4.96. The van der Waals surface area contributed by atoms with Crippen LogP contribution in [0, 0.1) is 0 Å². The van der Waals surface area contributed by atoms with Crippen molar-refractivity contribution in [1.29, 1.82) is 0 Å². The second kappa shape index (κ2) is 6.57. The van der Waals surface area contributed by atoms with E-state index in [9.17, 15) is 4.79 Å². The summed E-state index contributed by atoms with van der Waals surface area (Å²) < 4.78 is 5.35. The van der Waals surface area contributed by atoms with Crippen molar-refractivity contribution in [1.82, 2.24) is 4.90 Å². The van der Waals surface area contributed by atoms with Crippen LogP contribution in [0.2, 0.25) is 0 Å². The zero-order valence-corrected chi connectivity index (χ0v) is 11.5. The van der Waals surface area contributed by atoms with E-state index in [2.05, 4.69) is 0 Å². The van der Waals surface area contributed by atoms with Crippen LogP contribution in [0.25, 0.3) is 0 Å². The first-order valence-electron chi connectivity index (χ1n) is 6.87. The molecule has 2 N–H and O–H groups in total. The molecule has 0 atom stereocenters. The third-order valence-electron chi connectivity index (χ3n) is 3.44. The first-order chi connectivity index (χ1) is 9.26. The van der Waals surface area contributed by atoms with Crippen molar-refractivity contribution in [3.63, 3.8) is 0 Å². The van der Waals surface area contributed by atoms with Crippen molar-refractivity contribution < 1.29 is 9.53 Å². The summed E-state index contributed by atoms with van der Waals surface area (Å²) in [7, 11) is 1.66. The average molecular weight is 262 g/mol. The molecule has 1 aliphatic rings. The number of benzene rings is 1. The summed E-state index contributed by atoms with van der Waals surface area (Å²) in [5.41, 5.74) is 6.54. The van der Waals surface area contributed by atoms with Gasteiger partial charge in [-0.05, 0) is 31.9 Å². The van der Waals surface area contributed by atoms with Crippen molar-refractivity contribution in [3.05, 3.63) is 29.8 Å². The fourth-order valence-corrected chi connectivity index (χ4v) is 2.22. The van der Waals surface area contributed by atoms with Gasteiger partial charge < -0.3 is 15.4 Å². The van der Waals surface area contributed by atoms with Crippen LogP contribution in [0.15, 0.2) is 24.3 Å². The molecule has 0 unspecified atom stereocenters. The summed E-state index contributed by atoms with van der Waals surface area (Å²) in [6.07, 6.45) is 3.53. The molecule has 0 spiro atoms. The molecule has 0 radical (unpaired) electrons. The zero-order valence-electron chi connectivity index (χ0n) is 11.5. The predicted molar refractivity (Wildman–Crippen MR) is 74.9 cm³/mol. The van der Waals surface area contributed by atoms with E-state index in [1.165, 1.54) is 0 Å². The minimum atomic E-state index is 0.207. The van der Waals surface area contributed by atoms with Crippen molar-refractivity contribution in [2.24, 2.45) is 5.73 Å². The van der Waals surface area contributed by atoms with Gasteiger partial charge >= 0.3 is 0 Å². The molecule has 2 rings (SSSR count). The number of nitrogens with two attached hydrogens (primary N) is 1. The Kier molecular flexibility index (Phi) is 4.80. The monoisotopic (exact) mass is 262 g/mol. The molecular formula is C15H22N2O2. The molecule has 1 fully saturated rings. The summed E-state index contributed by atoms with van der Waals surface area (Å²) in [6.45, 7) is 1.21. The van der Waals surface area contributed by atoms with Gasteiger partial charge in [0, 0.05) is 24.6 Å². The van der Waals surface area contributed by atoms with Crippen molar-refractivity contribution in [3.8, 4) is 5.75 Å². The second-order valence-corrected chi connectivity index (χ2v) is 4.96. The predicted octanol–water partition coefficient (Wildman–Crippen LogP) is 1.93. The van der Waals surface area contributed by atoms with Gasteiger partial charge in [0.2, 0.25) is 5.91 Å². The van der Waals surface area contributed by atoms with E-state index >= 15 is 0 Å². The Bertz CT molecular complexity index is 430. The third-order valence-corrected chi connectivity index (χ3v) is 3.44. The van der Waals surface area contributed by atoms with Crippen LogP contribution in [0.1, 0.15) is 31.2 Å². The highest BCUT2D eigenvalue weighted by molar-refractivity contribution is 5.77. The number of carbonyl (C=O) groups excluding carboxylic acids is 1. The number of amides is 1. The quantitative estimate of drug-likeness (QED) is 0.817. The van der Waals surface area contributed by atoms with Crippen LogP contribution < -0.4 is 10.5 Å². The van der Waals surface area contributed by atoms with Crippen LogP contribution >= 0.6 is 0 Å². The van der Waals surface area contributed by atoms with Gasteiger partial charge in [0.05, 0.1) is 7.11 Å². The minimum Gasteiger partial charge on any atom is -0.496 e. The van der Waals surface area contributed by atoms with E-state index in [4.69, 9.17) is 10.5 Å². The Morgan fingerprint density at radius 1 is 1.42 bits per heavy atom. The third kappa shape index (κ3) is 3.70. The molecule has 19 heavy (non-hydrogen) atoms. The van der Waals surface area contributed by atoms with Crippen LogP contribution in [0.5, 0.6) is 5.75 Å². The highest BCUT2D eigenvalue weighted by atomic mass is 16.5. The minimum absolute atomic E-state index is 0.207. The summed E-state index contributed by atoms with van der Waals surface area (Å²) >= 11 is 0. The van der Waals surface area contributed by atoms with Gasteiger partial charge in [-0.3, -0.25) is 4.79 Å². The molecule has 1 aliphatic carbocycles. The van der Waals surface area contributed by atoms with Gasteiger partial charge in [0.1, 0.15) is 5.75 Å². The normalized spacial score (nSPS) is 14.2. The van der Waals surface area contributed by atoms with Gasteiger partial charge in [0.15, 0.2) is 0 Å². The molecule has 0 bridgehead atoms. The van der Waals surface area contributed by atoms with E-state index in [0.717, 1.165) is 30.6 Å². The molecule has 1 aromatic rings. The summed E-state index contributed by atoms with van der Waals surface area (Å²) in [6, 6.07) is 8.29. The number of carbonyl (C=O) groups is 1. The Morgan fingerprint density at radius 3 is 2.79 bits per heavy atom. The van der Waals surface area contributed by atoms with E-state index < -0.39 is 0 Å². The van der Waals surface area contributed by atoms with Crippen LogP contribution in [-0.2, 0) is 11.3 Å². The standard InChI is InChI=1S/C15H22N2O2/c1-19-14-6-3-2-5-12(14)11-17(13-8-9-13)15(18)7-4-10-16/h2-3,5-6,13H,4,7-11,16H2,1H3. The average Bonchev–Trinajstić information content (AvgIpc) is 3.27. The molecule has 1 saturated carbocycles. The molecule has 0 heterocycles. The van der Waals surface area contributed by atoms with Gasteiger partial charge in [-0.25, -0.2) is 0 Å². The van der Waals surface area contributed by atoms with E-state index in [1.807, 2.05) is 29.2 Å². The number of hydrogen-bond donors (Lipinski definition) is 1. The number of nitrogens with zero attached hydrogens (tertiary/aromatic N) is 1. The topological polar surface area (TPSA) is 55.6 Å².